The van der Waals surface area contributed by atoms with Crippen molar-refractivity contribution in [2.75, 3.05) is 0 Å². The second-order valence-electron chi connectivity index (χ2n) is 5.91. The van der Waals surface area contributed by atoms with Gasteiger partial charge in [-0.15, -0.1) is 0 Å². The molecule has 0 aromatic heterocycles. The van der Waals surface area contributed by atoms with E-state index in [9.17, 15) is 9.90 Å². The molecule has 0 aliphatic carbocycles. The molecular formula is C12H21NO3. The van der Waals surface area contributed by atoms with E-state index in [2.05, 4.69) is 0 Å². The van der Waals surface area contributed by atoms with Gasteiger partial charge in [0, 0.05) is 11.6 Å². The zero-order valence-electron chi connectivity index (χ0n) is 10.3. The van der Waals surface area contributed by atoms with Crippen molar-refractivity contribution >= 4 is 6.09 Å². The Labute approximate surface area is 96.6 Å². The molecule has 92 valence electrons. The summed E-state index contributed by atoms with van der Waals surface area (Å²) in [7, 11) is 0. The highest BCUT2D eigenvalue weighted by molar-refractivity contribution is 5.66. The van der Waals surface area contributed by atoms with Crippen molar-refractivity contribution in [1.82, 2.24) is 4.90 Å². The van der Waals surface area contributed by atoms with Crippen molar-refractivity contribution in [2.45, 2.75) is 70.2 Å². The van der Waals surface area contributed by atoms with Crippen LogP contribution in [-0.4, -0.2) is 39.9 Å². The minimum atomic E-state index is -0.807. The summed E-state index contributed by atoms with van der Waals surface area (Å²) >= 11 is 0. The number of carboxylic acid groups (broad SMARTS) is 1. The van der Waals surface area contributed by atoms with Gasteiger partial charge in [0.15, 0.2) is 0 Å². The highest BCUT2D eigenvalue weighted by Crippen LogP contribution is 2.36. The molecule has 2 bridgehead atoms. The fourth-order valence-electron chi connectivity index (χ4n) is 3.03. The van der Waals surface area contributed by atoms with Gasteiger partial charge >= 0.3 is 6.09 Å². The first kappa shape index (κ1) is 11.7. The van der Waals surface area contributed by atoms with Gasteiger partial charge in [-0.05, 0) is 46.5 Å². The highest BCUT2D eigenvalue weighted by Gasteiger charge is 2.42. The van der Waals surface area contributed by atoms with Crippen molar-refractivity contribution in [3.63, 3.8) is 0 Å². The standard InChI is InChI=1S/C12H21NO3/c1-12(2,3)13(11(14)15)8-6-9-4-5-10(7-8)16-9/h8-10H,4-7H2,1-3H3,(H,14,15). The van der Waals surface area contributed by atoms with E-state index >= 15 is 0 Å². The molecule has 0 aromatic carbocycles. The molecule has 0 spiro atoms. The van der Waals surface area contributed by atoms with E-state index in [1.54, 1.807) is 4.90 Å². The Kier molecular flexibility index (Phi) is 2.86. The predicted molar refractivity (Wildman–Crippen MR) is 60.5 cm³/mol. The molecular weight excluding hydrogens is 206 g/mol. The van der Waals surface area contributed by atoms with E-state index in [0.717, 1.165) is 25.7 Å². The van der Waals surface area contributed by atoms with Gasteiger partial charge in [-0.25, -0.2) is 4.79 Å². The van der Waals surface area contributed by atoms with Crippen LogP contribution in [0, 0.1) is 0 Å². The largest absolute Gasteiger partial charge is 0.465 e. The Balaban J connectivity index is 2.12. The van der Waals surface area contributed by atoms with Gasteiger partial charge in [0.1, 0.15) is 0 Å². The van der Waals surface area contributed by atoms with Crippen LogP contribution in [0.2, 0.25) is 0 Å². The number of fused-ring (bicyclic) bond motifs is 2. The van der Waals surface area contributed by atoms with Crippen LogP contribution in [0.4, 0.5) is 4.79 Å². The molecule has 2 heterocycles. The Bertz CT molecular complexity index is 272. The molecule has 1 amide bonds. The molecule has 4 nitrogen and oxygen atoms in total. The normalized spacial score (nSPS) is 33.8. The van der Waals surface area contributed by atoms with Crippen molar-refractivity contribution < 1.29 is 14.6 Å². The second-order valence-corrected chi connectivity index (χ2v) is 5.91. The van der Waals surface area contributed by atoms with Crippen molar-refractivity contribution in [2.24, 2.45) is 0 Å². The predicted octanol–water partition coefficient (Wildman–Crippen LogP) is 2.47. The summed E-state index contributed by atoms with van der Waals surface area (Å²) < 4.78 is 5.75. The Morgan fingerprint density at radius 3 is 2.12 bits per heavy atom. The van der Waals surface area contributed by atoms with Crippen LogP contribution >= 0.6 is 0 Å². The smallest absolute Gasteiger partial charge is 0.407 e. The lowest BCUT2D eigenvalue weighted by Gasteiger charge is -2.43. The zero-order chi connectivity index (χ0) is 11.9. The molecule has 4 heteroatoms. The monoisotopic (exact) mass is 227 g/mol. The number of hydrogen-bond donors (Lipinski definition) is 1. The van der Waals surface area contributed by atoms with Gasteiger partial charge in [-0.2, -0.15) is 0 Å². The van der Waals surface area contributed by atoms with Crippen molar-refractivity contribution in [3.05, 3.63) is 0 Å². The summed E-state index contributed by atoms with van der Waals surface area (Å²) in [6.07, 6.45) is 3.68. The summed E-state index contributed by atoms with van der Waals surface area (Å²) in [5, 5.41) is 9.34. The maximum atomic E-state index is 11.4. The van der Waals surface area contributed by atoms with Gasteiger partial charge in [-0.3, -0.25) is 0 Å². The van der Waals surface area contributed by atoms with Gasteiger partial charge in [0.25, 0.3) is 0 Å². The maximum Gasteiger partial charge on any atom is 0.407 e. The number of ether oxygens (including phenoxy) is 1. The van der Waals surface area contributed by atoms with Gasteiger partial charge in [0.2, 0.25) is 0 Å². The number of nitrogens with zero attached hydrogens (tertiary/aromatic N) is 1. The van der Waals surface area contributed by atoms with E-state index in [1.165, 1.54) is 0 Å². The molecule has 2 atom stereocenters. The fourth-order valence-corrected chi connectivity index (χ4v) is 3.03. The van der Waals surface area contributed by atoms with Crippen LogP contribution in [0.5, 0.6) is 0 Å². The van der Waals surface area contributed by atoms with Crippen molar-refractivity contribution in [3.8, 4) is 0 Å². The average Bonchev–Trinajstić information content (AvgIpc) is 2.42. The minimum Gasteiger partial charge on any atom is -0.465 e. The van der Waals surface area contributed by atoms with Crippen LogP contribution in [0.1, 0.15) is 46.5 Å². The molecule has 0 saturated carbocycles. The lowest BCUT2D eigenvalue weighted by Crippen LogP contribution is -2.54. The molecule has 2 fully saturated rings. The average molecular weight is 227 g/mol. The summed E-state index contributed by atoms with van der Waals surface area (Å²) in [6, 6.07) is 0.128. The molecule has 2 rings (SSSR count). The highest BCUT2D eigenvalue weighted by atomic mass is 16.5. The van der Waals surface area contributed by atoms with Crippen LogP contribution in [0.25, 0.3) is 0 Å². The summed E-state index contributed by atoms with van der Waals surface area (Å²) in [5.41, 5.74) is -0.326. The molecule has 2 saturated heterocycles. The molecule has 2 aliphatic heterocycles. The third-order valence-electron chi connectivity index (χ3n) is 3.56. The van der Waals surface area contributed by atoms with E-state index < -0.39 is 6.09 Å². The molecule has 16 heavy (non-hydrogen) atoms. The Hall–Kier alpha value is -0.770. The van der Waals surface area contributed by atoms with E-state index in [-0.39, 0.29) is 23.8 Å². The summed E-state index contributed by atoms with van der Waals surface area (Å²) in [4.78, 5) is 13.0. The van der Waals surface area contributed by atoms with E-state index in [1.807, 2.05) is 20.8 Å². The van der Waals surface area contributed by atoms with Crippen LogP contribution < -0.4 is 0 Å². The maximum absolute atomic E-state index is 11.4. The summed E-state index contributed by atoms with van der Waals surface area (Å²) in [6.45, 7) is 5.87. The van der Waals surface area contributed by atoms with Crippen LogP contribution in [-0.2, 0) is 4.74 Å². The van der Waals surface area contributed by atoms with Crippen LogP contribution in [0.15, 0.2) is 0 Å². The zero-order valence-corrected chi connectivity index (χ0v) is 10.3. The van der Waals surface area contributed by atoms with Crippen LogP contribution in [0.3, 0.4) is 0 Å². The minimum absolute atomic E-state index is 0.128. The topological polar surface area (TPSA) is 49.8 Å². The lowest BCUT2D eigenvalue weighted by molar-refractivity contribution is -0.0477. The number of carbonyl (C=O) groups is 1. The lowest BCUT2D eigenvalue weighted by atomic mass is 9.96. The molecule has 2 aliphatic rings. The molecule has 0 aromatic rings. The molecule has 0 radical (unpaired) electrons. The van der Waals surface area contributed by atoms with Gasteiger partial charge < -0.3 is 14.7 Å². The fraction of sp³-hybridized carbons (Fsp3) is 0.917. The van der Waals surface area contributed by atoms with Gasteiger partial charge in [0.05, 0.1) is 12.2 Å². The third kappa shape index (κ3) is 2.17. The SMILES string of the molecule is CC(C)(C)N(C(=O)O)C1CC2CCC(C1)O2. The third-order valence-corrected chi connectivity index (χ3v) is 3.56. The number of rotatable bonds is 1. The first-order valence-corrected chi connectivity index (χ1v) is 6.05. The Morgan fingerprint density at radius 2 is 1.75 bits per heavy atom. The van der Waals surface area contributed by atoms with Gasteiger partial charge in [-0.1, -0.05) is 0 Å². The molecule has 2 unspecified atom stereocenters. The van der Waals surface area contributed by atoms with E-state index in [0.29, 0.717) is 0 Å². The van der Waals surface area contributed by atoms with E-state index in [4.69, 9.17) is 4.74 Å². The molecule has 1 N–H and O–H groups in total. The Morgan fingerprint density at radius 1 is 1.25 bits per heavy atom. The van der Waals surface area contributed by atoms with Crippen molar-refractivity contribution in [1.29, 1.82) is 0 Å². The summed E-state index contributed by atoms with van der Waals surface area (Å²) in [5.74, 6) is 0. The quantitative estimate of drug-likeness (QED) is 0.748. The number of hydrogen-bond acceptors (Lipinski definition) is 2. The first-order valence-electron chi connectivity index (χ1n) is 6.05. The number of amides is 1. The second kappa shape index (κ2) is 3.91. The first-order chi connectivity index (χ1) is 7.38.